The van der Waals surface area contributed by atoms with Crippen molar-refractivity contribution < 1.29 is 14.2 Å². The predicted octanol–water partition coefficient (Wildman–Crippen LogP) is 2.17. The van der Waals surface area contributed by atoms with E-state index in [1.165, 1.54) is 0 Å². The van der Waals surface area contributed by atoms with Gasteiger partial charge < -0.3 is 19.1 Å². The normalized spacial score (nSPS) is 13.4. The molecule has 0 fully saturated rings. The van der Waals surface area contributed by atoms with Crippen LogP contribution < -0.4 is 0 Å². The number of ether oxygens (including phenoxy) is 3. The quantitative estimate of drug-likeness (QED) is 0.471. The third kappa shape index (κ3) is 5.48. The van der Waals surface area contributed by atoms with Crippen molar-refractivity contribution in [2.24, 2.45) is 0 Å². The number of rotatable bonds is 9. The van der Waals surface area contributed by atoms with Gasteiger partial charge in [0.25, 0.3) is 5.60 Å². The van der Waals surface area contributed by atoms with E-state index in [4.69, 9.17) is 14.2 Å². The SMILES string of the molecule is CCOC(OCC)(OCCN(C)C)[Si](C)(C)C. The summed E-state index contributed by atoms with van der Waals surface area (Å²) >= 11 is 0. The number of hydrogen-bond donors (Lipinski definition) is 0. The lowest BCUT2D eigenvalue weighted by molar-refractivity contribution is -0.329. The fourth-order valence-corrected chi connectivity index (χ4v) is 3.21. The maximum absolute atomic E-state index is 5.96. The first-order valence-corrected chi connectivity index (χ1v) is 9.85. The molecule has 0 saturated heterocycles. The van der Waals surface area contributed by atoms with Crippen LogP contribution in [0.3, 0.4) is 0 Å². The molecule has 0 unspecified atom stereocenters. The summed E-state index contributed by atoms with van der Waals surface area (Å²) in [4.78, 5) is 2.09. The van der Waals surface area contributed by atoms with Crippen molar-refractivity contribution in [2.75, 3.05) is 40.5 Å². The summed E-state index contributed by atoms with van der Waals surface area (Å²) < 4.78 is 17.6. The monoisotopic (exact) mass is 263 g/mol. The molecule has 0 aliphatic heterocycles. The van der Waals surface area contributed by atoms with Crippen LogP contribution in [0.4, 0.5) is 0 Å². The van der Waals surface area contributed by atoms with Crippen LogP contribution in [0.2, 0.25) is 19.6 Å². The fourth-order valence-electron chi connectivity index (χ4n) is 1.52. The molecule has 5 heteroatoms. The highest BCUT2D eigenvalue weighted by Gasteiger charge is 2.47. The zero-order chi connectivity index (χ0) is 13.5. The Kier molecular flexibility index (Phi) is 7.51. The largest absolute Gasteiger partial charge is 0.332 e. The Morgan fingerprint density at radius 2 is 1.41 bits per heavy atom. The van der Waals surface area contributed by atoms with Gasteiger partial charge in [0.2, 0.25) is 0 Å². The molecule has 0 atom stereocenters. The van der Waals surface area contributed by atoms with E-state index in [2.05, 4.69) is 24.5 Å². The average Bonchev–Trinajstić information content (AvgIpc) is 2.15. The minimum atomic E-state index is -1.74. The van der Waals surface area contributed by atoms with E-state index in [9.17, 15) is 0 Å². The highest BCUT2D eigenvalue weighted by molar-refractivity contribution is 6.78. The Hall–Kier alpha value is 0.0569. The summed E-state index contributed by atoms with van der Waals surface area (Å²) in [6, 6.07) is 0. The van der Waals surface area contributed by atoms with Crippen LogP contribution in [0, 0.1) is 0 Å². The van der Waals surface area contributed by atoms with Crippen LogP contribution in [-0.4, -0.2) is 59.0 Å². The van der Waals surface area contributed by atoms with Crippen molar-refractivity contribution in [3.63, 3.8) is 0 Å². The molecule has 0 radical (unpaired) electrons. The molecule has 0 aromatic rings. The highest BCUT2D eigenvalue weighted by Crippen LogP contribution is 2.28. The molecule has 0 spiro atoms. The summed E-state index contributed by atoms with van der Waals surface area (Å²) in [7, 11) is 2.32. The number of nitrogens with zero attached hydrogens (tertiary/aromatic N) is 1. The maximum Gasteiger partial charge on any atom is 0.255 e. The Morgan fingerprint density at radius 1 is 0.941 bits per heavy atom. The van der Waals surface area contributed by atoms with E-state index in [0.717, 1.165) is 6.54 Å². The van der Waals surface area contributed by atoms with Crippen LogP contribution >= 0.6 is 0 Å². The van der Waals surface area contributed by atoms with E-state index in [0.29, 0.717) is 19.8 Å². The van der Waals surface area contributed by atoms with Gasteiger partial charge in [0.15, 0.2) is 8.07 Å². The third-order valence-corrected chi connectivity index (χ3v) is 4.69. The summed E-state index contributed by atoms with van der Waals surface area (Å²) in [5, 5.41) is 0. The van der Waals surface area contributed by atoms with Crippen LogP contribution in [0.5, 0.6) is 0 Å². The van der Waals surface area contributed by atoms with Gasteiger partial charge in [-0.05, 0) is 27.9 Å². The molecular formula is C12H29NO3Si. The minimum absolute atomic E-state index is 0.603. The first kappa shape index (κ1) is 17.1. The second-order valence-corrected chi connectivity index (χ2v) is 10.4. The number of hydrogen-bond acceptors (Lipinski definition) is 4. The van der Waals surface area contributed by atoms with E-state index in [1.54, 1.807) is 0 Å². The standard InChI is InChI=1S/C12H29NO3Si/c1-8-14-12(15-9-2,17(5,6)7)16-11-10-13(3)4/h8-11H2,1-7H3. The Balaban J connectivity index is 4.66. The van der Waals surface area contributed by atoms with Gasteiger partial charge in [-0.25, -0.2) is 0 Å². The van der Waals surface area contributed by atoms with Crippen molar-refractivity contribution in [1.29, 1.82) is 0 Å². The third-order valence-electron chi connectivity index (χ3n) is 2.42. The van der Waals surface area contributed by atoms with Gasteiger partial charge in [-0.15, -0.1) is 0 Å². The Labute approximate surface area is 107 Å². The van der Waals surface area contributed by atoms with Crippen LogP contribution in [0.15, 0.2) is 0 Å². The molecule has 0 aliphatic rings. The molecular weight excluding hydrogens is 234 g/mol. The summed E-state index contributed by atoms with van der Waals surface area (Å²) in [5.41, 5.74) is -0.813. The Morgan fingerprint density at radius 3 is 1.71 bits per heavy atom. The summed E-state index contributed by atoms with van der Waals surface area (Å²) in [6.07, 6.45) is 0. The molecule has 0 aliphatic carbocycles. The van der Waals surface area contributed by atoms with Gasteiger partial charge in [-0.1, -0.05) is 19.6 Å². The molecule has 0 rings (SSSR count). The molecule has 0 N–H and O–H groups in total. The molecule has 0 heterocycles. The maximum atomic E-state index is 5.96. The van der Waals surface area contributed by atoms with Crippen LogP contribution in [-0.2, 0) is 14.2 Å². The van der Waals surface area contributed by atoms with Crippen molar-refractivity contribution in [1.82, 2.24) is 4.90 Å². The molecule has 0 bridgehead atoms. The topological polar surface area (TPSA) is 30.9 Å². The van der Waals surface area contributed by atoms with Gasteiger partial charge in [0.1, 0.15) is 0 Å². The average molecular weight is 263 g/mol. The van der Waals surface area contributed by atoms with Crippen molar-refractivity contribution in [3.8, 4) is 0 Å². The lowest BCUT2D eigenvalue weighted by atomic mass is 10.6. The molecule has 0 amide bonds. The van der Waals surface area contributed by atoms with Gasteiger partial charge in [0.05, 0.1) is 6.61 Å². The second-order valence-electron chi connectivity index (χ2n) is 5.32. The second kappa shape index (κ2) is 7.48. The first-order chi connectivity index (χ1) is 7.79. The molecule has 104 valence electrons. The van der Waals surface area contributed by atoms with E-state index >= 15 is 0 Å². The van der Waals surface area contributed by atoms with E-state index in [1.807, 2.05) is 27.9 Å². The molecule has 0 aromatic heterocycles. The summed E-state index contributed by atoms with van der Waals surface area (Å²) in [5.74, 6) is 0. The summed E-state index contributed by atoms with van der Waals surface area (Å²) in [6.45, 7) is 13.3. The van der Waals surface area contributed by atoms with Crippen molar-refractivity contribution >= 4 is 8.07 Å². The van der Waals surface area contributed by atoms with Gasteiger partial charge in [-0.3, -0.25) is 0 Å². The molecule has 17 heavy (non-hydrogen) atoms. The van der Waals surface area contributed by atoms with Crippen molar-refractivity contribution in [2.45, 2.75) is 39.1 Å². The van der Waals surface area contributed by atoms with Crippen LogP contribution in [0.1, 0.15) is 13.8 Å². The fraction of sp³-hybridized carbons (Fsp3) is 1.00. The lowest BCUT2D eigenvalue weighted by Gasteiger charge is -2.41. The minimum Gasteiger partial charge on any atom is -0.332 e. The smallest absolute Gasteiger partial charge is 0.255 e. The van der Waals surface area contributed by atoms with Gasteiger partial charge in [-0.2, -0.15) is 0 Å². The van der Waals surface area contributed by atoms with E-state index in [-0.39, 0.29) is 0 Å². The van der Waals surface area contributed by atoms with E-state index < -0.39 is 13.7 Å². The zero-order valence-corrected chi connectivity index (χ0v) is 13.5. The highest BCUT2D eigenvalue weighted by atomic mass is 28.3. The molecule has 0 aromatic carbocycles. The number of likely N-dealkylation sites (N-methyl/N-ethyl adjacent to an activating group) is 1. The van der Waals surface area contributed by atoms with Crippen molar-refractivity contribution in [3.05, 3.63) is 0 Å². The Bertz CT molecular complexity index is 198. The molecule has 4 nitrogen and oxygen atoms in total. The predicted molar refractivity (Wildman–Crippen MR) is 73.8 cm³/mol. The molecule has 0 saturated carbocycles. The van der Waals surface area contributed by atoms with Crippen LogP contribution in [0.25, 0.3) is 0 Å². The zero-order valence-electron chi connectivity index (χ0n) is 12.5. The van der Waals surface area contributed by atoms with Gasteiger partial charge in [0, 0.05) is 19.8 Å². The first-order valence-electron chi connectivity index (χ1n) is 6.35. The van der Waals surface area contributed by atoms with Gasteiger partial charge >= 0.3 is 0 Å². The lowest BCUT2D eigenvalue weighted by Crippen LogP contribution is -2.58.